The molecule has 0 N–H and O–H groups in total. The van der Waals surface area contributed by atoms with Crippen LogP contribution in [-0.4, -0.2) is 5.78 Å². The van der Waals surface area contributed by atoms with Gasteiger partial charge >= 0.3 is 0 Å². The lowest BCUT2D eigenvalue weighted by molar-refractivity contribution is 0.103. The van der Waals surface area contributed by atoms with Crippen LogP contribution in [0.2, 0.25) is 0 Å². The fourth-order valence-electron chi connectivity index (χ4n) is 2.02. The Bertz CT molecular complexity index is 614. The maximum absolute atomic E-state index is 12.5. The van der Waals surface area contributed by atoms with Gasteiger partial charge in [-0.05, 0) is 55.7 Å². The van der Waals surface area contributed by atoms with E-state index < -0.39 is 0 Å². The molecule has 0 saturated carbocycles. The summed E-state index contributed by atoms with van der Waals surface area (Å²) >= 11 is 3.42. The van der Waals surface area contributed by atoms with Crippen molar-refractivity contribution in [2.75, 3.05) is 0 Å². The Labute approximate surface area is 116 Å². The summed E-state index contributed by atoms with van der Waals surface area (Å²) in [5.41, 5.74) is 4.77. The Morgan fingerprint density at radius 1 is 0.944 bits per heavy atom. The van der Waals surface area contributed by atoms with E-state index in [1.807, 2.05) is 57.2 Å². The Morgan fingerprint density at radius 3 is 2.33 bits per heavy atom. The first-order valence-corrected chi connectivity index (χ1v) is 6.67. The number of rotatable bonds is 2. The van der Waals surface area contributed by atoms with Gasteiger partial charge in [0.1, 0.15) is 0 Å². The highest BCUT2D eigenvalue weighted by Crippen LogP contribution is 2.21. The molecule has 0 spiro atoms. The molecule has 0 radical (unpaired) electrons. The summed E-state index contributed by atoms with van der Waals surface area (Å²) in [6.45, 7) is 5.99. The summed E-state index contributed by atoms with van der Waals surface area (Å²) in [6, 6.07) is 11.6. The van der Waals surface area contributed by atoms with E-state index in [0.29, 0.717) is 0 Å². The molecular weight excluding hydrogens is 288 g/mol. The van der Waals surface area contributed by atoms with Gasteiger partial charge in [0, 0.05) is 15.6 Å². The van der Waals surface area contributed by atoms with Gasteiger partial charge in [0.2, 0.25) is 0 Å². The van der Waals surface area contributed by atoms with Crippen molar-refractivity contribution in [2.45, 2.75) is 20.8 Å². The van der Waals surface area contributed by atoms with E-state index in [-0.39, 0.29) is 5.78 Å². The normalized spacial score (nSPS) is 10.4. The van der Waals surface area contributed by atoms with Gasteiger partial charge in [-0.1, -0.05) is 34.1 Å². The third kappa shape index (κ3) is 2.39. The molecule has 2 aromatic carbocycles. The van der Waals surface area contributed by atoms with E-state index in [9.17, 15) is 4.79 Å². The second-order valence-corrected chi connectivity index (χ2v) is 5.45. The van der Waals surface area contributed by atoms with E-state index in [1.165, 1.54) is 0 Å². The molecule has 2 aromatic rings. The Balaban J connectivity index is 2.51. The summed E-state index contributed by atoms with van der Waals surface area (Å²) in [6.07, 6.45) is 0. The predicted octanol–water partition coefficient (Wildman–Crippen LogP) is 4.61. The van der Waals surface area contributed by atoms with E-state index in [0.717, 1.165) is 32.3 Å². The number of benzene rings is 2. The van der Waals surface area contributed by atoms with Gasteiger partial charge in [0.15, 0.2) is 5.78 Å². The van der Waals surface area contributed by atoms with Crippen molar-refractivity contribution in [1.82, 2.24) is 0 Å². The smallest absolute Gasteiger partial charge is 0.193 e. The molecule has 1 nitrogen and oxygen atoms in total. The maximum Gasteiger partial charge on any atom is 0.193 e. The molecular formula is C16H15BrO. The van der Waals surface area contributed by atoms with Crippen LogP contribution in [0.5, 0.6) is 0 Å². The Hall–Kier alpha value is -1.41. The van der Waals surface area contributed by atoms with Crippen molar-refractivity contribution in [1.29, 1.82) is 0 Å². The van der Waals surface area contributed by atoms with Crippen LogP contribution in [0.3, 0.4) is 0 Å². The molecule has 0 heterocycles. The second kappa shape index (κ2) is 5.07. The molecule has 2 heteroatoms. The zero-order valence-electron chi connectivity index (χ0n) is 10.8. The first-order valence-electron chi connectivity index (χ1n) is 5.88. The number of ketones is 1. The predicted molar refractivity (Wildman–Crippen MR) is 78.2 cm³/mol. The highest BCUT2D eigenvalue weighted by atomic mass is 79.9. The Morgan fingerprint density at radius 2 is 1.67 bits per heavy atom. The van der Waals surface area contributed by atoms with Crippen molar-refractivity contribution in [2.24, 2.45) is 0 Å². The third-order valence-electron chi connectivity index (χ3n) is 3.28. The zero-order chi connectivity index (χ0) is 13.3. The molecule has 0 aromatic heterocycles. The maximum atomic E-state index is 12.5. The third-order valence-corrected chi connectivity index (χ3v) is 3.78. The largest absolute Gasteiger partial charge is 0.289 e. The van der Waals surface area contributed by atoms with Gasteiger partial charge in [0.25, 0.3) is 0 Å². The van der Waals surface area contributed by atoms with Gasteiger partial charge in [0.05, 0.1) is 0 Å². The van der Waals surface area contributed by atoms with Gasteiger partial charge < -0.3 is 0 Å². The number of aryl methyl sites for hydroxylation is 2. The van der Waals surface area contributed by atoms with Gasteiger partial charge in [-0.15, -0.1) is 0 Å². The van der Waals surface area contributed by atoms with E-state index >= 15 is 0 Å². The van der Waals surface area contributed by atoms with Crippen LogP contribution in [-0.2, 0) is 0 Å². The molecule has 18 heavy (non-hydrogen) atoms. The van der Waals surface area contributed by atoms with Crippen molar-refractivity contribution in [3.05, 3.63) is 68.7 Å². The molecule has 2 rings (SSSR count). The lowest BCUT2D eigenvalue weighted by Gasteiger charge is -2.09. The minimum absolute atomic E-state index is 0.0983. The first kappa shape index (κ1) is 13.0. The van der Waals surface area contributed by atoms with Gasteiger partial charge in [-0.2, -0.15) is 0 Å². The molecule has 0 aliphatic heterocycles. The summed E-state index contributed by atoms with van der Waals surface area (Å²) in [5, 5.41) is 0. The SMILES string of the molecule is Cc1cc(Br)ccc1C(=O)c1cccc(C)c1C. The van der Waals surface area contributed by atoms with Crippen LogP contribution in [0.25, 0.3) is 0 Å². The van der Waals surface area contributed by atoms with Crippen molar-refractivity contribution in [3.8, 4) is 0 Å². The molecule has 92 valence electrons. The molecule has 0 aliphatic rings. The average Bonchev–Trinajstić information content (AvgIpc) is 2.32. The second-order valence-electron chi connectivity index (χ2n) is 4.54. The van der Waals surface area contributed by atoms with Crippen LogP contribution in [0, 0.1) is 20.8 Å². The molecule has 0 atom stereocenters. The molecule has 0 bridgehead atoms. The highest BCUT2D eigenvalue weighted by Gasteiger charge is 2.14. The highest BCUT2D eigenvalue weighted by molar-refractivity contribution is 9.10. The molecule has 0 saturated heterocycles. The van der Waals surface area contributed by atoms with Crippen LogP contribution < -0.4 is 0 Å². The van der Waals surface area contributed by atoms with E-state index in [2.05, 4.69) is 15.9 Å². The minimum Gasteiger partial charge on any atom is -0.289 e. The molecule has 0 aliphatic carbocycles. The first-order chi connectivity index (χ1) is 8.50. The van der Waals surface area contributed by atoms with E-state index in [4.69, 9.17) is 0 Å². The summed E-state index contributed by atoms with van der Waals surface area (Å²) < 4.78 is 0.998. The van der Waals surface area contributed by atoms with E-state index in [1.54, 1.807) is 0 Å². The molecule has 0 amide bonds. The fraction of sp³-hybridized carbons (Fsp3) is 0.188. The quantitative estimate of drug-likeness (QED) is 0.741. The summed E-state index contributed by atoms with van der Waals surface area (Å²) in [7, 11) is 0. The van der Waals surface area contributed by atoms with Crippen LogP contribution in [0.1, 0.15) is 32.6 Å². The van der Waals surface area contributed by atoms with Crippen molar-refractivity contribution in [3.63, 3.8) is 0 Å². The number of halogens is 1. The lowest BCUT2D eigenvalue weighted by Crippen LogP contribution is -2.06. The summed E-state index contributed by atoms with van der Waals surface area (Å²) in [4.78, 5) is 12.5. The van der Waals surface area contributed by atoms with Crippen LogP contribution >= 0.6 is 15.9 Å². The zero-order valence-corrected chi connectivity index (χ0v) is 12.3. The topological polar surface area (TPSA) is 17.1 Å². The summed E-state index contributed by atoms with van der Waals surface area (Å²) in [5.74, 6) is 0.0983. The molecule has 0 fully saturated rings. The monoisotopic (exact) mass is 302 g/mol. The number of carbonyl (C=O) groups is 1. The Kier molecular flexibility index (Phi) is 3.67. The van der Waals surface area contributed by atoms with Gasteiger partial charge in [-0.25, -0.2) is 0 Å². The molecule has 0 unspecified atom stereocenters. The number of carbonyl (C=O) groups excluding carboxylic acids is 1. The minimum atomic E-state index is 0.0983. The standard InChI is InChI=1S/C16H15BrO/c1-10-5-4-6-15(12(10)3)16(18)14-8-7-13(17)9-11(14)2/h4-9H,1-3H3. The van der Waals surface area contributed by atoms with Crippen molar-refractivity contribution >= 4 is 21.7 Å². The van der Waals surface area contributed by atoms with Crippen LogP contribution in [0.4, 0.5) is 0 Å². The lowest BCUT2D eigenvalue weighted by atomic mass is 9.94. The van der Waals surface area contributed by atoms with Crippen molar-refractivity contribution < 1.29 is 4.79 Å². The number of hydrogen-bond acceptors (Lipinski definition) is 1. The van der Waals surface area contributed by atoms with Gasteiger partial charge in [-0.3, -0.25) is 4.79 Å². The fourth-order valence-corrected chi connectivity index (χ4v) is 2.50. The average molecular weight is 303 g/mol. The number of hydrogen-bond donors (Lipinski definition) is 0. The van der Waals surface area contributed by atoms with Crippen LogP contribution in [0.15, 0.2) is 40.9 Å².